The number of esters is 1. The summed E-state index contributed by atoms with van der Waals surface area (Å²) in [6.45, 7) is 8.37. The van der Waals surface area contributed by atoms with Gasteiger partial charge in [0.05, 0.1) is 23.8 Å². The molecular weight excluding hydrogens is 394 g/mol. The van der Waals surface area contributed by atoms with Crippen molar-refractivity contribution in [3.8, 4) is 0 Å². The largest absolute Gasteiger partial charge is 0.462 e. The highest BCUT2D eigenvalue weighted by Crippen LogP contribution is 2.27. The van der Waals surface area contributed by atoms with Crippen LogP contribution in [0, 0.1) is 6.92 Å². The Morgan fingerprint density at radius 2 is 2.00 bits per heavy atom. The molecule has 31 heavy (non-hydrogen) atoms. The van der Waals surface area contributed by atoms with Crippen molar-refractivity contribution in [1.82, 2.24) is 19.2 Å². The quantitative estimate of drug-likeness (QED) is 0.479. The third-order valence-corrected chi connectivity index (χ3v) is 5.30. The van der Waals surface area contributed by atoms with E-state index in [-0.39, 0.29) is 17.6 Å². The summed E-state index contributed by atoms with van der Waals surface area (Å²) in [5.41, 5.74) is 3.79. The normalized spacial score (nSPS) is 12.3. The second kappa shape index (κ2) is 8.22. The van der Waals surface area contributed by atoms with Crippen molar-refractivity contribution in [2.45, 2.75) is 40.3 Å². The van der Waals surface area contributed by atoms with E-state index >= 15 is 0 Å². The number of pyridine rings is 1. The fourth-order valence-corrected chi connectivity index (χ4v) is 3.91. The van der Waals surface area contributed by atoms with Crippen LogP contribution in [0.5, 0.6) is 0 Å². The molecule has 0 saturated carbocycles. The van der Waals surface area contributed by atoms with Crippen LogP contribution in [0.1, 0.15) is 48.4 Å². The van der Waals surface area contributed by atoms with E-state index in [9.17, 15) is 9.59 Å². The average molecular weight is 419 g/mol. The molecule has 0 saturated heterocycles. The molecule has 3 aromatic heterocycles. The predicted octanol–water partition coefficient (Wildman–Crippen LogP) is 3.72. The number of ether oxygens (including phenoxy) is 1. The monoisotopic (exact) mass is 419 g/mol. The van der Waals surface area contributed by atoms with Gasteiger partial charge in [-0.3, -0.25) is 9.36 Å². The van der Waals surface area contributed by atoms with Crippen molar-refractivity contribution in [1.29, 1.82) is 0 Å². The van der Waals surface area contributed by atoms with Gasteiger partial charge in [-0.05, 0) is 51.5 Å². The molecular formula is C23H25N5O3. The summed E-state index contributed by atoms with van der Waals surface area (Å²) in [5.74, 6) is -0.389. The van der Waals surface area contributed by atoms with Crippen LogP contribution in [0.4, 0.5) is 5.69 Å². The lowest BCUT2D eigenvalue weighted by atomic mass is 10.0. The van der Waals surface area contributed by atoms with E-state index in [1.807, 2.05) is 45.0 Å². The zero-order chi connectivity index (χ0) is 22.1. The predicted molar refractivity (Wildman–Crippen MR) is 120 cm³/mol. The molecule has 0 amide bonds. The van der Waals surface area contributed by atoms with Gasteiger partial charge in [0.25, 0.3) is 5.56 Å². The van der Waals surface area contributed by atoms with Crippen LogP contribution in [-0.4, -0.2) is 31.7 Å². The molecule has 4 aromatic rings. The Hall–Kier alpha value is -3.68. The Labute approximate surface area is 179 Å². The summed E-state index contributed by atoms with van der Waals surface area (Å²) >= 11 is 0. The number of hydrogen-bond acceptors (Lipinski definition) is 6. The summed E-state index contributed by atoms with van der Waals surface area (Å²) in [6.07, 6.45) is 1.67. The van der Waals surface area contributed by atoms with Crippen molar-refractivity contribution in [2.75, 3.05) is 11.9 Å². The van der Waals surface area contributed by atoms with Crippen molar-refractivity contribution in [2.24, 2.45) is 0 Å². The molecule has 1 atom stereocenters. The summed E-state index contributed by atoms with van der Waals surface area (Å²) in [6, 6.07) is 10.6. The Morgan fingerprint density at radius 3 is 2.74 bits per heavy atom. The molecule has 8 heteroatoms. The standard InChI is InChI=1S/C23H25N5O3/c1-5-27-19-11-12-24-28(19)21-20(22(27)29)17(13-14(3)25-21)15(4)26-18-10-8-7-9-16(18)23(30)31-6-2/h7-13,15,26H,5-6H2,1-4H3. The lowest BCUT2D eigenvalue weighted by Gasteiger charge is -2.20. The number of anilines is 1. The van der Waals surface area contributed by atoms with E-state index in [4.69, 9.17) is 4.74 Å². The van der Waals surface area contributed by atoms with Gasteiger partial charge in [-0.1, -0.05) is 12.1 Å². The van der Waals surface area contributed by atoms with Gasteiger partial charge in [-0.2, -0.15) is 9.61 Å². The zero-order valence-corrected chi connectivity index (χ0v) is 18.0. The highest BCUT2D eigenvalue weighted by atomic mass is 16.5. The number of hydrogen-bond donors (Lipinski definition) is 1. The van der Waals surface area contributed by atoms with Gasteiger partial charge >= 0.3 is 5.97 Å². The number of carbonyl (C=O) groups is 1. The SMILES string of the molecule is CCOC(=O)c1ccccc1NC(C)c1cc(C)nc2c1c(=O)n(CC)c1ccnn21. The summed E-state index contributed by atoms with van der Waals surface area (Å²) in [7, 11) is 0. The van der Waals surface area contributed by atoms with E-state index < -0.39 is 0 Å². The topological polar surface area (TPSA) is 90.5 Å². The maximum Gasteiger partial charge on any atom is 0.340 e. The molecule has 0 radical (unpaired) electrons. The summed E-state index contributed by atoms with van der Waals surface area (Å²) in [5, 5.41) is 8.29. The molecule has 0 bridgehead atoms. The highest BCUT2D eigenvalue weighted by molar-refractivity contribution is 5.95. The van der Waals surface area contributed by atoms with Crippen molar-refractivity contribution in [3.05, 3.63) is 69.8 Å². The number of benzene rings is 1. The van der Waals surface area contributed by atoms with Gasteiger partial charge < -0.3 is 10.1 Å². The molecule has 0 fully saturated rings. The number of nitrogens with one attached hydrogen (secondary N) is 1. The fourth-order valence-electron chi connectivity index (χ4n) is 3.91. The van der Waals surface area contributed by atoms with E-state index in [1.54, 1.807) is 34.3 Å². The minimum atomic E-state index is -0.389. The number of fused-ring (bicyclic) bond motifs is 3. The number of aryl methyl sites for hydroxylation is 2. The molecule has 1 aromatic carbocycles. The number of carbonyl (C=O) groups excluding carboxylic acids is 1. The van der Waals surface area contributed by atoms with Crippen LogP contribution in [0.2, 0.25) is 0 Å². The van der Waals surface area contributed by atoms with E-state index in [0.29, 0.717) is 41.1 Å². The van der Waals surface area contributed by atoms with Gasteiger partial charge in [0, 0.05) is 30.0 Å². The number of rotatable bonds is 6. The van der Waals surface area contributed by atoms with Crippen molar-refractivity contribution >= 4 is 28.3 Å². The Kier molecular flexibility index (Phi) is 5.46. The molecule has 160 valence electrons. The first kappa shape index (κ1) is 20.6. The second-order valence-electron chi connectivity index (χ2n) is 7.33. The molecule has 1 unspecified atom stereocenters. The first-order chi connectivity index (χ1) is 15.0. The van der Waals surface area contributed by atoms with Crippen LogP contribution in [0.3, 0.4) is 0 Å². The van der Waals surface area contributed by atoms with Gasteiger partial charge in [0.15, 0.2) is 5.65 Å². The Morgan fingerprint density at radius 1 is 1.23 bits per heavy atom. The van der Waals surface area contributed by atoms with Gasteiger partial charge in [0.1, 0.15) is 5.65 Å². The summed E-state index contributed by atoms with van der Waals surface area (Å²) < 4.78 is 8.57. The number of nitrogens with zero attached hydrogens (tertiary/aromatic N) is 4. The highest BCUT2D eigenvalue weighted by Gasteiger charge is 2.21. The molecule has 0 aliphatic heterocycles. The first-order valence-electron chi connectivity index (χ1n) is 10.4. The van der Waals surface area contributed by atoms with Gasteiger partial charge in [-0.15, -0.1) is 0 Å². The third-order valence-electron chi connectivity index (χ3n) is 5.30. The van der Waals surface area contributed by atoms with Gasteiger partial charge in [0.2, 0.25) is 0 Å². The van der Waals surface area contributed by atoms with Crippen molar-refractivity contribution < 1.29 is 9.53 Å². The minimum absolute atomic E-state index is 0.111. The maximum atomic E-state index is 13.4. The van der Waals surface area contributed by atoms with Crippen molar-refractivity contribution in [3.63, 3.8) is 0 Å². The Balaban J connectivity index is 1.88. The van der Waals surface area contributed by atoms with Gasteiger partial charge in [-0.25, -0.2) is 9.78 Å². The fraction of sp³-hybridized carbons (Fsp3) is 0.304. The third kappa shape index (κ3) is 3.54. The van der Waals surface area contributed by atoms with E-state index in [0.717, 1.165) is 11.3 Å². The van der Waals surface area contributed by atoms with Crippen LogP contribution in [0.15, 0.2) is 47.4 Å². The lowest BCUT2D eigenvalue weighted by Crippen LogP contribution is -2.25. The minimum Gasteiger partial charge on any atom is -0.462 e. The van der Waals surface area contributed by atoms with E-state index in [2.05, 4.69) is 15.4 Å². The zero-order valence-electron chi connectivity index (χ0n) is 18.0. The first-order valence-corrected chi connectivity index (χ1v) is 10.4. The number of aromatic nitrogens is 4. The lowest BCUT2D eigenvalue weighted by molar-refractivity contribution is 0.0527. The molecule has 8 nitrogen and oxygen atoms in total. The van der Waals surface area contributed by atoms with Crippen LogP contribution in [0.25, 0.3) is 16.7 Å². The molecule has 0 spiro atoms. The Bertz CT molecular complexity index is 1340. The van der Waals surface area contributed by atoms with Crippen LogP contribution >= 0.6 is 0 Å². The molecule has 3 heterocycles. The molecule has 0 aliphatic rings. The second-order valence-corrected chi connectivity index (χ2v) is 7.33. The smallest absolute Gasteiger partial charge is 0.340 e. The van der Waals surface area contributed by atoms with Crippen LogP contribution in [-0.2, 0) is 11.3 Å². The average Bonchev–Trinajstić information content (AvgIpc) is 3.24. The summed E-state index contributed by atoms with van der Waals surface area (Å²) in [4.78, 5) is 30.4. The molecule has 4 rings (SSSR count). The maximum absolute atomic E-state index is 13.4. The molecule has 1 N–H and O–H groups in total. The van der Waals surface area contributed by atoms with Crippen LogP contribution < -0.4 is 10.9 Å². The number of para-hydroxylation sites is 1. The molecule has 0 aliphatic carbocycles. The van der Waals surface area contributed by atoms with E-state index in [1.165, 1.54) is 0 Å².